The molecule has 128 valence electrons. The monoisotopic (exact) mass is 328 g/mol. The molecule has 1 N–H and O–H groups in total. The average Bonchev–Trinajstić information content (AvgIpc) is 3.08. The number of rotatable bonds is 4. The van der Waals surface area contributed by atoms with Gasteiger partial charge in [-0.3, -0.25) is 9.98 Å². The van der Waals surface area contributed by atoms with Crippen molar-refractivity contribution in [1.82, 2.24) is 25.3 Å². The number of pyridine rings is 1. The van der Waals surface area contributed by atoms with Crippen LogP contribution in [0.15, 0.2) is 33.9 Å². The van der Waals surface area contributed by atoms with E-state index in [-0.39, 0.29) is 0 Å². The molecule has 2 aromatic rings. The maximum Gasteiger partial charge on any atom is 0.276 e. The van der Waals surface area contributed by atoms with Crippen molar-refractivity contribution < 1.29 is 4.52 Å². The molecule has 7 nitrogen and oxygen atoms in total. The number of nitrogens with zero attached hydrogens (tertiary/aromatic N) is 5. The van der Waals surface area contributed by atoms with Crippen LogP contribution in [0.1, 0.15) is 25.6 Å². The largest absolute Gasteiger partial charge is 0.356 e. The first kappa shape index (κ1) is 16.4. The molecule has 0 aromatic carbocycles. The summed E-state index contributed by atoms with van der Waals surface area (Å²) in [7, 11) is 1.83. The third-order valence-corrected chi connectivity index (χ3v) is 4.15. The van der Waals surface area contributed by atoms with Crippen molar-refractivity contribution in [3.05, 3.63) is 30.2 Å². The number of hydrogen-bond acceptors (Lipinski definition) is 5. The minimum Gasteiger partial charge on any atom is -0.356 e. The second-order valence-corrected chi connectivity index (χ2v) is 6.15. The van der Waals surface area contributed by atoms with Gasteiger partial charge < -0.3 is 14.7 Å². The molecule has 1 fully saturated rings. The zero-order valence-corrected chi connectivity index (χ0v) is 14.3. The summed E-state index contributed by atoms with van der Waals surface area (Å²) >= 11 is 0. The molecule has 1 unspecified atom stereocenters. The van der Waals surface area contributed by atoms with Crippen LogP contribution in [0.4, 0.5) is 0 Å². The van der Waals surface area contributed by atoms with Crippen molar-refractivity contribution in [2.45, 2.75) is 26.2 Å². The predicted octanol–water partition coefficient (Wildman–Crippen LogP) is 1.98. The molecule has 0 amide bonds. The SMILES string of the molecule is CN=C(NCCc1noc(-c2ccccn2)n1)N1CCCC(C)C1. The van der Waals surface area contributed by atoms with E-state index in [2.05, 4.69) is 37.3 Å². The lowest BCUT2D eigenvalue weighted by Gasteiger charge is -2.33. The van der Waals surface area contributed by atoms with Gasteiger partial charge in [-0.2, -0.15) is 4.98 Å². The Bertz CT molecular complexity index is 669. The van der Waals surface area contributed by atoms with Crippen LogP contribution in [0.3, 0.4) is 0 Å². The van der Waals surface area contributed by atoms with Crippen LogP contribution in [0.5, 0.6) is 0 Å². The highest BCUT2D eigenvalue weighted by molar-refractivity contribution is 5.79. The second kappa shape index (κ2) is 7.90. The van der Waals surface area contributed by atoms with Crippen LogP contribution < -0.4 is 5.32 Å². The lowest BCUT2D eigenvalue weighted by Crippen LogP contribution is -2.46. The molecular formula is C17H24N6O. The number of hydrogen-bond donors (Lipinski definition) is 1. The summed E-state index contributed by atoms with van der Waals surface area (Å²) in [6.07, 6.45) is 4.91. The van der Waals surface area contributed by atoms with E-state index in [0.29, 0.717) is 23.8 Å². The molecule has 0 radical (unpaired) electrons. The highest BCUT2D eigenvalue weighted by Gasteiger charge is 2.19. The van der Waals surface area contributed by atoms with Crippen LogP contribution in [-0.2, 0) is 6.42 Å². The van der Waals surface area contributed by atoms with Gasteiger partial charge in [-0.1, -0.05) is 18.1 Å². The standard InChI is InChI=1S/C17H24N6O/c1-13-6-5-11-23(12-13)17(18-2)20-10-8-15-21-16(24-22-15)14-7-3-4-9-19-14/h3-4,7,9,13H,5-6,8,10-12H2,1-2H3,(H,18,20). The van der Waals surface area contributed by atoms with Crippen molar-refractivity contribution in [2.24, 2.45) is 10.9 Å². The fraction of sp³-hybridized carbons (Fsp3) is 0.529. The Balaban J connectivity index is 1.52. The number of guanidine groups is 1. The van der Waals surface area contributed by atoms with Gasteiger partial charge in [-0.05, 0) is 30.9 Å². The Morgan fingerprint density at radius 2 is 2.38 bits per heavy atom. The first-order valence-corrected chi connectivity index (χ1v) is 8.46. The van der Waals surface area contributed by atoms with Gasteiger partial charge in [-0.15, -0.1) is 0 Å². The molecule has 3 rings (SSSR count). The molecule has 3 heterocycles. The molecule has 7 heteroatoms. The van der Waals surface area contributed by atoms with Crippen LogP contribution >= 0.6 is 0 Å². The Hall–Kier alpha value is -2.44. The first-order chi connectivity index (χ1) is 11.8. The Morgan fingerprint density at radius 3 is 3.12 bits per heavy atom. The van der Waals surface area contributed by atoms with Crippen LogP contribution in [0.2, 0.25) is 0 Å². The Kier molecular flexibility index (Phi) is 5.40. The van der Waals surface area contributed by atoms with E-state index >= 15 is 0 Å². The van der Waals surface area contributed by atoms with Crippen LogP contribution in [-0.4, -0.2) is 52.7 Å². The second-order valence-electron chi connectivity index (χ2n) is 6.15. The number of nitrogens with one attached hydrogen (secondary N) is 1. The summed E-state index contributed by atoms with van der Waals surface area (Å²) in [5, 5.41) is 7.42. The smallest absolute Gasteiger partial charge is 0.276 e. The molecule has 0 spiro atoms. The van der Waals surface area contributed by atoms with E-state index in [4.69, 9.17) is 4.52 Å². The summed E-state index contributed by atoms with van der Waals surface area (Å²) in [5.74, 6) is 2.80. The lowest BCUT2D eigenvalue weighted by molar-refractivity contribution is 0.266. The maximum atomic E-state index is 5.27. The zero-order valence-electron chi connectivity index (χ0n) is 14.3. The average molecular weight is 328 g/mol. The van der Waals surface area contributed by atoms with Gasteiger partial charge in [0.1, 0.15) is 5.69 Å². The summed E-state index contributed by atoms with van der Waals surface area (Å²) < 4.78 is 5.27. The summed E-state index contributed by atoms with van der Waals surface area (Å²) in [5.41, 5.74) is 0.697. The number of aliphatic imine (C=N–C) groups is 1. The van der Waals surface area contributed by atoms with Gasteiger partial charge in [0.05, 0.1) is 0 Å². The minimum absolute atomic E-state index is 0.458. The Labute approximate surface area is 142 Å². The Morgan fingerprint density at radius 1 is 1.46 bits per heavy atom. The zero-order chi connectivity index (χ0) is 16.8. The van der Waals surface area contributed by atoms with Gasteiger partial charge in [0.15, 0.2) is 11.8 Å². The van der Waals surface area contributed by atoms with E-state index in [1.54, 1.807) is 6.20 Å². The molecule has 0 aliphatic carbocycles. The molecule has 2 aromatic heterocycles. The number of aromatic nitrogens is 3. The molecule has 0 saturated carbocycles. The third-order valence-electron chi connectivity index (χ3n) is 4.15. The van der Waals surface area contributed by atoms with Crippen LogP contribution in [0, 0.1) is 5.92 Å². The van der Waals surface area contributed by atoms with Gasteiger partial charge in [0, 0.05) is 39.3 Å². The van der Waals surface area contributed by atoms with Gasteiger partial charge >= 0.3 is 0 Å². The molecule has 24 heavy (non-hydrogen) atoms. The van der Waals surface area contributed by atoms with E-state index < -0.39 is 0 Å². The molecule has 1 aliphatic rings. The first-order valence-electron chi connectivity index (χ1n) is 8.46. The van der Waals surface area contributed by atoms with Crippen LogP contribution in [0.25, 0.3) is 11.6 Å². The van der Waals surface area contributed by atoms with Crippen molar-refractivity contribution in [2.75, 3.05) is 26.7 Å². The van der Waals surface area contributed by atoms with Crippen molar-refractivity contribution in [3.8, 4) is 11.6 Å². The predicted molar refractivity (Wildman–Crippen MR) is 92.6 cm³/mol. The van der Waals surface area contributed by atoms with E-state index in [1.165, 1.54) is 12.8 Å². The van der Waals surface area contributed by atoms with E-state index in [9.17, 15) is 0 Å². The fourth-order valence-electron chi connectivity index (χ4n) is 2.95. The molecular weight excluding hydrogens is 304 g/mol. The highest BCUT2D eigenvalue weighted by atomic mass is 16.5. The number of piperidine rings is 1. The van der Waals surface area contributed by atoms with Crippen molar-refractivity contribution >= 4 is 5.96 Å². The van der Waals surface area contributed by atoms with Crippen molar-refractivity contribution in [1.29, 1.82) is 0 Å². The van der Waals surface area contributed by atoms with Crippen molar-refractivity contribution in [3.63, 3.8) is 0 Å². The highest BCUT2D eigenvalue weighted by Crippen LogP contribution is 2.15. The summed E-state index contributed by atoms with van der Waals surface area (Å²) in [6, 6.07) is 5.62. The molecule has 0 bridgehead atoms. The topological polar surface area (TPSA) is 79.4 Å². The molecule has 1 saturated heterocycles. The van der Waals surface area contributed by atoms with E-state index in [0.717, 1.165) is 31.5 Å². The molecule has 1 atom stereocenters. The fourth-order valence-corrected chi connectivity index (χ4v) is 2.95. The normalized spacial score (nSPS) is 18.7. The molecule has 1 aliphatic heterocycles. The third kappa shape index (κ3) is 4.10. The quantitative estimate of drug-likeness (QED) is 0.683. The van der Waals surface area contributed by atoms with Gasteiger partial charge in [0.25, 0.3) is 5.89 Å². The number of likely N-dealkylation sites (tertiary alicyclic amines) is 1. The minimum atomic E-state index is 0.458. The summed E-state index contributed by atoms with van der Waals surface area (Å²) in [4.78, 5) is 15.3. The lowest BCUT2D eigenvalue weighted by atomic mass is 10.0. The van der Waals surface area contributed by atoms with Gasteiger partial charge in [0.2, 0.25) is 0 Å². The van der Waals surface area contributed by atoms with E-state index in [1.807, 2.05) is 25.2 Å². The summed E-state index contributed by atoms with van der Waals surface area (Å²) in [6.45, 7) is 5.14. The maximum absolute atomic E-state index is 5.27. The van der Waals surface area contributed by atoms with Gasteiger partial charge in [-0.25, -0.2) is 0 Å².